The normalized spacial score (nSPS) is 34.2. The van der Waals surface area contributed by atoms with Crippen molar-refractivity contribution in [2.75, 3.05) is 6.61 Å². The molecule has 0 bridgehead atoms. The van der Waals surface area contributed by atoms with Gasteiger partial charge in [0, 0.05) is 4.90 Å². The van der Waals surface area contributed by atoms with Gasteiger partial charge in [-0.25, -0.2) is 0 Å². The van der Waals surface area contributed by atoms with E-state index in [1.54, 1.807) is 18.2 Å². The number of halogens is 2. The predicted molar refractivity (Wildman–Crippen MR) is 76.1 cm³/mol. The molecule has 1 saturated heterocycles. The molecule has 2 rings (SSSR count). The van der Waals surface area contributed by atoms with E-state index >= 15 is 0 Å². The fourth-order valence-electron chi connectivity index (χ4n) is 1.85. The molecular formula is C12H14Cl2O5S. The summed E-state index contributed by atoms with van der Waals surface area (Å²) in [6, 6.07) is 4.91. The van der Waals surface area contributed by atoms with Crippen LogP contribution >= 0.6 is 35.0 Å². The minimum atomic E-state index is -1.39. The Balaban J connectivity index is 2.13. The summed E-state index contributed by atoms with van der Waals surface area (Å²) >= 11 is 12.8. The highest BCUT2D eigenvalue weighted by molar-refractivity contribution is 7.99. The van der Waals surface area contributed by atoms with Gasteiger partial charge in [0.2, 0.25) is 0 Å². The second kappa shape index (κ2) is 6.81. The maximum absolute atomic E-state index is 9.91. The molecule has 0 amide bonds. The van der Waals surface area contributed by atoms with Crippen molar-refractivity contribution in [1.29, 1.82) is 0 Å². The van der Waals surface area contributed by atoms with Crippen LogP contribution in [-0.4, -0.2) is 56.9 Å². The van der Waals surface area contributed by atoms with Crippen LogP contribution in [0, 0.1) is 0 Å². The van der Waals surface area contributed by atoms with Gasteiger partial charge in [0.1, 0.15) is 29.9 Å². The fourth-order valence-corrected chi connectivity index (χ4v) is 3.31. The Morgan fingerprint density at radius 3 is 2.35 bits per heavy atom. The van der Waals surface area contributed by atoms with Crippen LogP contribution in [0.15, 0.2) is 23.1 Å². The van der Waals surface area contributed by atoms with Crippen molar-refractivity contribution in [3.8, 4) is 0 Å². The third-order valence-electron chi connectivity index (χ3n) is 2.99. The summed E-state index contributed by atoms with van der Waals surface area (Å²) in [5.41, 5.74) is -0.831. The molecule has 20 heavy (non-hydrogen) atoms. The molecule has 1 aliphatic rings. The fraction of sp³-hybridized carbons (Fsp3) is 0.500. The Labute approximate surface area is 130 Å². The molecule has 1 fully saturated rings. The largest absolute Gasteiger partial charge is 0.394 e. The van der Waals surface area contributed by atoms with Crippen LogP contribution in [0.25, 0.3) is 0 Å². The molecule has 5 atom stereocenters. The highest BCUT2D eigenvalue weighted by Crippen LogP contribution is 2.35. The van der Waals surface area contributed by atoms with Gasteiger partial charge in [-0.05, 0) is 18.2 Å². The van der Waals surface area contributed by atoms with Crippen molar-refractivity contribution in [3.63, 3.8) is 0 Å². The second-order valence-corrected chi connectivity index (χ2v) is 6.38. The third kappa shape index (κ3) is 3.40. The zero-order chi connectivity index (χ0) is 14.9. The van der Waals surface area contributed by atoms with Crippen molar-refractivity contribution in [1.82, 2.24) is 0 Å². The zero-order valence-corrected chi connectivity index (χ0v) is 12.5. The average molecular weight is 341 g/mol. The van der Waals surface area contributed by atoms with E-state index in [-0.39, 0.29) is 0 Å². The lowest BCUT2D eigenvalue weighted by Gasteiger charge is -2.39. The van der Waals surface area contributed by atoms with Crippen LogP contribution in [0.3, 0.4) is 0 Å². The molecule has 112 valence electrons. The molecule has 5 nitrogen and oxygen atoms in total. The number of thioether (sulfide) groups is 1. The van der Waals surface area contributed by atoms with Crippen LogP contribution in [-0.2, 0) is 4.74 Å². The van der Waals surface area contributed by atoms with Crippen molar-refractivity contribution in [3.05, 3.63) is 28.2 Å². The lowest BCUT2D eigenvalue weighted by atomic mass is 10.0. The van der Waals surface area contributed by atoms with E-state index in [2.05, 4.69) is 0 Å². The van der Waals surface area contributed by atoms with Gasteiger partial charge in [-0.3, -0.25) is 0 Å². The van der Waals surface area contributed by atoms with Crippen LogP contribution in [0.5, 0.6) is 0 Å². The lowest BCUT2D eigenvalue weighted by molar-refractivity contribution is -0.205. The van der Waals surface area contributed by atoms with Crippen LogP contribution in [0.4, 0.5) is 0 Å². The number of aliphatic hydroxyl groups excluding tert-OH is 4. The molecule has 0 aromatic heterocycles. The molecular weight excluding hydrogens is 327 g/mol. The SMILES string of the molecule is OC[C@H]1O[C@@H](Sc2ccc(Cl)c(Cl)c2)[C@H](O)[C@@H](O)[C@@H]1O. The molecule has 0 spiro atoms. The summed E-state index contributed by atoms with van der Waals surface area (Å²) < 4.78 is 5.38. The van der Waals surface area contributed by atoms with Crippen LogP contribution in [0.1, 0.15) is 0 Å². The molecule has 0 unspecified atom stereocenters. The lowest BCUT2D eigenvalue weighted by Crippen LogP contribution is -2.57. The van der Waals surface area contributed by atoms with Gasteiger partial charge in [-0.15, -0.1) is 0 Å². The minimum absolute atomic E-state index is 0.362. The van der Waals surface area contributed by atoms with Crippen LogP contribution in [0.2, 0.25) is 10.0 Å². The predicted octanol–water partition coefficient (Wildman–Crippen LogP) is 0.885. The molecule has 1 aromatic rings. The topological polar surface area (TPSA) is 90.2 Å². The van der Waals surface area contributed by atoms with Gasteiger partial charge in [0.05, 0.1) is 16.7 Å². The minimum Gasteiger partial charge on any atom is -0.394 e. The number of hydrogen-bond acceptors (Lipinski definition) is 6. The molecule has 1 heterocycles. The molecule has 1 aromatic carbocycles. The summed E-state index contributed by atoms with van der Waals surface area (Å²) in [6.45, 7) is -0.455. The maximum Gasteiger partial charge on any atom is 0.136 e. The number of benzene rings is 1. The molecule has 1 aliphatic heterocycles. The number of hydrogen-bond donors (Lipinski definition) is 4. The molecule has 0 radical (unpaired) electrons. The Morgan fingerprint density at radius 2 is 1.75 bits per heavy atom. The van der Waals surface area contributed by atoms with Crippen molar-refractivity contribution in [2.45, 2.75) is 34.7 Å². The highest BCUT2D eigenvalue weighted by atomic mass is 35.5. The van der Waals surface area contributed by atoms with Gasteiger partial charge in [0.25, 0.3) is 0 Å². The van der Waals surface area contributed by atoms with Crippen molar-refractivity contribution < 1.29 is 25.2 Å². The first kappa shape index (κ1) is 16.3. The third-order valence-corrected chi connectivity index (χ3v) is 4.88. The summed E-state index contributed by atoms with van der Waals surface area (Å²) in [6.07, 6.45) is -4.96. The molecule has 4 N–H and O–H groups in total. The Morgan fingerprint density at radius 1 is 1.05 bits per heavy atom. The molecule has 0 saturated carbocycles. The smallest absolute Gasteiger partial charge is 0.136 e. The average Bonchev–Trinajstić information content (AvgIpc) is 2.43. The van der Waals surface area contributed by atoms with Gasteiger partial charge < -0.3 is 25.2 Å². The Bertz CT molecular complexity index is 473. The second-order valence-electron chi connectivity index (χ2n) is 4.39. The standard InChI is InChI=1S/C12H14Cl2O5S/c13-6-2-1-5(3-7(6)14)20-12-11(18)10(17)9(16)8(4-15)19-12/h1-3,8-12,15-18H,4H2/t8-,9-,10+,11-,12+/m1/s1. The van der Waals surface area contributed by atoms with Gasteiger partial charge in [0.15, 0.2) is 0 Å². The Hall–Kier alpha value is -0.0500. The quantitative estimate of drug-likeness (QED) is 0.653. The van der Waals surface area contributed by atoms with Gasteiger partial charge in [-0.2, -0.15) is 0 Å². The summed E-state index contributed by atoms with van der Waals surface area (Å²) in [4.78, 5) is 0.684. The van der Waals surface area contributed by atoms with E-state index in [1.807, 2.05) is 0 Å². The number of aliphatic hydroxyl groups is 4. The maximum atomic E-state index is 9.91. The molecule has 0 aliphatic carbocycles. The van der Waals surface area contributed by atoms with Gasteiger partial charge >= 0.3 is 0 Å². The van der Waals surface area contributed by atoms with Crippen molar-refractivity contribution in [2.24, 2.45) is 0 Å². The van der Waals surface area contributed by atoms with Crippen molar-refractivity contribution >= 4 is 35.0 Å². The van der Waals surface area contributed by atoms with E-state index in [4.69, 9.17) is 33.0 Å². The first-order chi connectivity index (χ1) is 9.43. The van der Waals surface area contributed by atoms with E-state index in [0.717, 1.165) is 11.8 Å². The molecule has 8 heteroatoms. The monoisotopic (exact) mass is 340 g/mol. The van der Waals surface area contributed by atoms with E-state index in [0.29, 0.717) is 14.9 Å². The number of rotatable bonds is 3. The van der Waals surface area contributed by atoms with E-state index in [9.17, 15) is 15.3 Å². The first-order valence-electron chi connectivity index (χ1n) is 5.86. The summed E-state index contributed by atoms with van der Waals surface area (Å²) in [5, 5.41) is 39.2. The number of ether oxygens (including phenoxy) is 1. The first-order valence-corrected chi connectivity index (χ1v) is 7.50. The van der Waals surface area contributed by atoms with E-state index < -0.39 is 36.5 Å². The van der Waals surface area contributed by atoms with E-state index in [1.165, 1.54) is 0 Å². The summed E-state index contributed by atoms with van der Waals surface area (Å²) in [5.74, 6) is 0. The van der Waals surface area contributed by atoms with Crippen LogP contribution < -0.4 is 0 Å². The highest BCUT2D eigenvalue weighted by Gasteiger charge is 2.43. The van der Waals surface area contributed by atoms with Gasteiger partial charge in [-0.1, -0.05) is 35.0 Å². The summed E-state index contributed by atoms with van der Waals surface area (Å²) in [7, 11) is 0. The zero-order valence-electron chi connectivity index (χ0n) is 10.2. The Kier molecular flexibility index (Phi) is 5.56.